The Labute approximate surface area is 344 Å². The largest absolute Gasteiger partial charge is 0.394 e. The van der Waals surface area contributed by atoms with E-state index in [1.165, 1.54) is 193 Å². The molecule has 0 aliphatic carbocycles. The Morgan fingerprint density at radius 2 is 0.709 bits per heavy atom. The second-order valence-electron chi connectivity index (χ2n) is 16.5. The molecular formula is C51H95NO3. The summed E-state index contributed by atoms with van der Waals surface area (Å²) in [7, 11) is 0. The van der Waals surface area contributed by atoms with Gasteiger partial charge < -0.3 is 15.5 Å². The molecular weight excluding hydrogens is 675 g/mol. The Balaban J connectivity index is 3.62. The summed E-state index contributed by atoms with van der Waals surface area (Å²) in [5.41, 5.74) is 0. The van der Waals surface area contributed by atoms with Crippen LogP contribution in [-0.4, -0.2) is 34.9 Å². The molecule has 0 saturated carbocycles. The molecule has 1 amide bonds. The van der Waals surface area contributed by atoms with E-state index in [1.54, 1.807) is 6.08 Å². The molecule has 4 heteroatoms. The number of aliphatic hydroxyl groups excluding tert-OH is 2. The molecule has 2 atom stereocenters. The van der Waals surface area contributed by atoms with E-state index in [2.05, 4.69) is 55.6 Å². The fourth-order valence-electron chi connectivity index (χ4n) is 7.26. The van der Waals surface area contributed by atoms with Gasteiger partial charge in [-0.1, -0.05) is 223 Å². The molecule has 4 nitrogen and oxygen atoms in total. The van der Waals surface area contributed by atoms with Crippen LogP contribution in [0, 0.1) is 0 Å². The van der Waals surface area contributed by atoms with Gasteiger partial charge >= 0.3 is 0 Å². The zero-order valence-electron chi connectivity index (χ0n) is 36.9. The lowest BCUT2D eigenvalue weighted by molar-refractivity contribution is -0.123. The van der Waals surface area contributed by atoms with Crippen LogP contribution in [0.1, 0.15) is 251 Å². The molecule has 0 radical (unpaired) electrons. The van der Waals surface area contributed by atoms with Gasteiger partial charge in [0.15, 0.2) is 0 Å². The van der Waals surface area contributed by atoms with Crippen LogP contribution in [0.4, 0.5) is 0 Å². The standard InChI is InChI=1S/C51H95NO3/c1-3-5-7-9-11-13-15-17-19-21-23-24-25-26-27-29-30-32-34-36-38-40-42-44-46-50(54)49(48-53)52-51(55)47-45-43-41-39-37-35-33-31-28-22-20-18-16-14-12-10-8-6-4-2/h22,28-30,36,38,44,46,49-50,53-54H,3-21,23-27,31-35,37,39-43,45,47-48H2,1-2H3,(H,52,55)/b28-22-,30-29+,38-36+,46-44+. The van der Waals surface area contributed by atoms with Crippen molar-refractivity contribution in [3.05, 3.63) is 48.6 Å². The first-order valence-electron chi connectivity index (χ1n) is 24.4. The highest BCUT2D eigenvalue weighted by Gasteiger charge is 2.17. The molecule has 0 fully saturated rings. The van der Waals surface area contributed by atoms with Crippen molar-refractivity contribution in [1.29, 1.82) is 0 Å². The van der Waals surface area contributed by atoms with Crippen molar-refractivity contribution in [3.63, 3.8) is 0 Å². The van der Waals surface area contributed by atoms with E-state index in [4.69, 9.17) is 0 Å². The molecule has 0 aliphatic rings. The van der Waals surface area contributed by atoms with Gasteiger partial charge in [0.2, 0.25) is 5.91 Å². The van der Waals surface area contributed by atoms with Crippen molar-refractivity contribution in [1.82, 2.24) is 5.32 Å². The quantitative estimate of drug-likeness (QED) is 0.0427. The highest BCUT2D eigenvalue weighted by atomic mass is 16.3. The number of hydrogen-bond acceptors (Lipinski definition) is 3. The molecule has 0 aromatic carbocycles. The summed E-state index contributed by atoms with van der Waals surface area (Å²) in [6, 6.07) is -0.648. The first kappa shape index (κ1) is 53.4. The van der Waals surface area contributed by atoms with Gasteiger partial charge in [0.1, 0.15) is 0 Å². The van der Waals surface area contributed by atoms with Gasteiger partial charge in [0.05, 0.1) is 18.8 Å². The molecule has 0 aromatic heterocycles. The summed E-state index contributed by atoms with van der Waals surface area (Å²) in [4.78, 5) is 12.4. The first-order chi connectivity index (χ1) is 27.2. The van der Waals surface area contributed by atoms with Gasteiger partial charge in [-0.15, -0.1) is 0 Å². The Morgan fingerprint density at radius 1 is 0.418 bits per heavy atom. The van der Waals surface area contributed by atoms with Crippen LogP contribution in [-0.2, 0) is 4.79 Å². The van der Waals surface area contributed by atoms with Crippen molar-refractivity contribution >= 4 is 5.91 Å². The van der Waals surface area contributed by atoms with Crippen LogP contribution >= 0.6 is 0 Å². The van der Waals surface area contributed by atoms with Crippen molar-refractivity contribution in [2.75, 3.05) is 6.61 Å². The topological polar surface area (TPSA) is 69.6 Å². The Bertz CT molecular complexity index is 877. The van der Waals surface area contributed by atoms with Gasteiger partial charge in [0, 0.05) is 6.42 Å². The lowest BCUT2D eigenvalue weighted by atomic mass is 10.0. The van der Waals surface area contributed by atoms with E-state index in [1.807, 2.05) is 6.08 Å². The zero-order valence-corrected chi connectivity index (χ0v) is 36.9. The van der Waals surface area contributed by atoms with Gasteiger partial charge in [-0.2, -0.15) is 0 Å². The molecule has 0 aliphatic heterocycles. The van der Waals surface area contributed by atoms with Crippen LogP contribution in [0.15, 0.2) is 48.6 Å². The molecule has 0 aromatic rings. The van der Waals surface area contributed by atoms with Crippen LogP contribution < -0.4 is 5.32 Å². The second kappa shape index (κ2) is 46.7. The number of amides is 1. The van der Waals surface area contributed by atoms with Gasteiger partial charge in [-0.3, -0.25) is 4.79 Å². The van der Waals surface area contributed by atoms with Crippen molar-refractivity contribution < 1.29 is 15.0 Å². The van der Waals surface area contributed by atoms with Crippen molar-refractivity contribution in [3.8, 4) is 0 Å². The smallest absolute Gasteiger partial charge is 0.220 e. The average Bonchev–Trinajstić information content (AvgIpc) is 3.19. The Hall–Kier alpha value is -1.65. The monoisotopic (exact) mass is 770 g/mol. The van der Waals surface area contributed by atoms with Gasteiger partial charge in [-0.25, -0.2) is 0 Å². The third-order valence-corrected chi connectivity index (χ3v) is 11.0. The minimum absolute atomic E-state index is 0.0816. The fourth-order valence-corrected chi connectivity index (χ4v) is 7.26. The number of allylic oxidation sites excluding steroid dienone is 7. The molecule has 2 unspecified atom stereocenters. The normalized spacial score (nSPS) is 13.3. The third kappa shape index (κ3) is 43.3. The Kier molecular flexibility index (Phi) is 45.3. The van der Waals surface area contributed by atoms with E-state index >= 15 is 0 Å². The average molecular weight is 770 g/mol. The second-order valence-corrected chi connectivity index (χ2v) is 16.5. The maximum Gasteiger partial charge on any atom is 0.220 e. The molecule has 0 rings (SSSR count). The van der Waals surface area contributed by atoms with E-state index < -0.39 is 12.1 Å². The summed E-state index contributed by atoms with van der Waals surface area (Å²) >= 11 is 0. The maximum atomic E-state index is 12.4. The highest BCUT2D eigenvalue weighted by Crippen LogP contribution is 2.15. The predicted molar refractivity (Wildman–Crippen MR) is 244 cm³/mol. The lowest BCUT2D eigenvalue weighted by Gasteiger charge is -2.19. The fraction of sp³-hybridized carbons (Fsp3) is 0.824. The van der Waals surface area contributed by atoms with Crippen LogP contribution in [0.2, 0.25) is 0 Å². The SMILES string of the molecule is CCCCCCCCCC/C=C\CCCCCCCCCC(=O)NC(CO)C(O)/C=C/CC/C=C/CC/C=C/CCCCCCCCCCCCCCCC. The lowest BCUT2D eigenvalue weighted by Crippen LogP contribution is -2.45. The van der Waals surface area contributed by atoms with E-state index in [-0.39, 0.29) is 12.5 Å². The number of nitrogens with one attached hydrogen (secondary N) is 1. The molecule has 55 heavy (non-hydrogen) atoms. The maximum absolute atomic E-state index is 12.4. The summed E-state index contributed by atoms with van der Waals surface area (Å²) in [6.45, 7) is 4.30. The van der Waals surface area contributed by atoms with E-state index in [9.17, 15) is 15.0 Å². The zero-order chi connectivity index (χ0) is 40.0. The number of carbonyl (C=O) groups is 1. The number of aliphatic hydroxyl groups is 2. The molecule has 322 valence electrons. The van der Waals surface area contributed by atoms with Crippen molar-refractivity contribution in [2.45, 2.75) is 264 Å². The predicted octanol–water partition coefficient (Wildman–Crippen LogP) is 15.5. The first-order valence-corrected chi connectivity index (χ1v) is 24.4. The van der Waals surface area contributed by atoms with Crippen LogP contribution in [0.3, 0.4) is 0 Å². The highest BCUT2D eigenvalue weighted by molar-refractivity contribution is 5.76. The van der Waals surface area contributed by atoms with Crippen molar-refractivity contribution in [2.24, 2.45) is 0 Å². The number of carbonyl (C=O) groups excluding carboxylic acids is 1. The molecule has 0 spiro atoms. The van der Waals surface area contributed by atoms with Crippen LogP contribution in [0.25, 0.3) is 0 Å². The minimum atomic E-state index is -0.872. The summed E-state index contributed by atoms with van der Waals surface area (Å²) < 4.78 is 0. The molecule has 0 bridgehead atoms. The van der Waals surface area contributed by atoms with E-state index in [0.29, 0.717) is 6.42 Å². The molecule has 0 heterocycles. The van der Waals surface area contributed by atoms with Crippen LogP contribution in [0.5, 0.6) is 0 Å². The molecule has 3 N–H and O–H groups in total. The number of unbranched alkanes of at least 4 members (excludes halogenated alkanes) is 31. The van der Waals surface area contributed by atoms with E-state index in [0.717, 1.165) is 38.5 Å². The number of hydrogen-bond donors (Lipinski definition) is 3. The minimum Gasteiger partial charge on any atom is -0.394 e. The van der Waals surface area contributed by atoms with Gasteiger partial charge in [0.25, 0.3) is 0 Å². The van der Waals surface area contributed by atoms with Gasteiger partial charge in [-0.05, 0) is 70.6 Å². The third-order valence-electron chi connectivity index (χ3n) is 11.0. The Morgan fingerprint density at radius 3 is 1.05 bits per heavy atom. The number of rotatable bonds is 44. The summed E-state index contributed by atoms with van der Waals surface area (Å²) in [5.74, 6) is -0.0816. The molecule has 0 saturated heterocycles. The summed E-state index contributed by atoms with van der Waals surface area (Å²) in [5, 5.41) is 23.0. The summed E-state index contributed by atoms with van der Waals surface area (Å²) in [6.07, 6.45) is 63.8.